The van der Waals surface area contributed by atoms with Crippen molar-refractivity contribution < 1.29 is 9.53 Å². The van der Waals surface area contributed by atoms with Crippen LogP contribution in [0.15, 0.2) is 4.34 Å². The Kier molecular flexibility index (Phi) is 4.57. The van der Waals surface area contributed by atoms with Gasteiger partial charge in [-0.05, 0) is 0 Å². The first-order valence-electron chi connectivity index (χ1n) is 5.29. The summed E-state index contributed by atoms with van der Waals surface area (Å²) >= 11 is 2.89. The van der Waals surface area contributed by atoms with Crippen molar-refractivity contribution in [3.63, 3.8) is 0 Å². The van der Waals surface area contributed by atoms with Crippen LogP contribution in [0.4, 0.5) is 5.13 Å². The van der Waals surface area contributed by atoms with Crippen LogP contribution in [0.2, 0.25) is 0 Å². The maximum absolute atomic E-state index is 11.8. The van der Waals surface area contributed by atoms with Crippen LogP contribution in [0.5, 0.6) is 0 Å². The second-order valence-corrected chi connectivity index (χ2v) is 5.60. The number of morpholine rings is 1. The zero-order valence-corrected chi connectivity index (χ0v) is 11.1. The van der Waals surface area contributed by atoms with Gasteiger partial charge in [0.1, 0.15) is 0 Å². The fourth-order valence-corrected chi connectivity index (χ4v) is 3.00. The van der Waals surface area contributed by atoms with Crippen molar-refractivity contribution in [3.05, 3.63) is 0 Å². The molecule has 0 aromatic carbocycles. The monoisotopic (exact) mass is 274 g/mol. The molecule has 1 aromatic heterocycles. The number of hydrogen-bond donors (Lipinski definition) is 1. The zero-order chi connectivity index (χ0) is 12.1. The van der Waals surface area contributed by atoms with Crippen LogP contribution < -0.4 is 5.32 Å². The van der Waals surface area contributed by atoms with E-state index in [1.165, 1.54) is 23.1 Å². The SMILES string of the molecule is CNc1nnc(SCC(=O)N2CCOCC2)s1. The first-order valence-corrected chi connectivity index (χ1v) is 7.09. The molecule has 0 atom stereocenters. The summed E-state index contributed by atoms with van der Waals surface area (Å²) in [4.78, 5) is 13.7. The van der Waals surface area contributed by atoms with Crippen molar-refractivity contribution in [2.45, 2.75) is 4.34 Å². The standard InChI is InChI=1S/C9H14N4O2S2/c1-10-8-11-12-9(17-8)16-6-7(14)13-2-4-15-5-3-13/h2-6H2,1H3,(H,10,11). The minimum absolute atomic E-state index is 0.138. The quantitative estimate of drug-likeness (QED) is 0.808. The van der Waals surface area contributed by atoms with Crippen molar-refractivity contribution in [3.8, 4) is 0 Å². The van der Waals surface area contributed by atoms with E-state index in [4.69, 9.17) is 4.74 Å². The Labute approximate surface area is 108 Å². The number of thioether (sulfide) groups is 1. The van der Waals surface area contributed by atoms with Gasteiger partial charge in [-0.15, -0.1) is 10.2 Å². The molecule has 1 amide bonds. The third-order valence-corrected chi connectivity index (χ3v) is 4.36. The van der Waals surface area contributed by atoms with E-state index in [0.29, 0.717) is 32.1 Å². The molecule has 2 heterocycles. The van der Waals surface area contributed by atoms with Gasteiger partial charge in [0.15, 0.2) is 4.34 Å². The topological polar surface area (TPSA) is 67.4 Å². The van der Waals surface area contributed by atoms with Gasteiger partial charge in [-0.25, -0.2) is 0 Å². The number of nitrogens with one attached hydrogen (secondary N) is 1. The smallest absolute Gasteiger partial charge is 0.233 e. The molecule has 0 saturated carbocycles. The van der Waals surface area contributed by atoms with Crippen LogP contribution >= 0.6 is 23.1 Å². The maximum atomic E-state index is 11.8. The first kappa shape index (κ1) is 12.6. The summed E-state index contributed by atoms with van der Waals surface area (Å²) in [5.74, 6) is 0.553. The highest BCUT2D eigenvalue weighted by atomic mass is 32.2. The van der Waals surface area contributed by atoms with E-state index in [2.05, 4.69) is 15.5 Å². The van der Waals surface area contributed by atoms with Gasteiger partial charge in [0, 0.05) is 20.1 Å². The normalized spacial score (nSPS) is 15.9. The molecule has 1 N–H and O–H groups in total. The Hall–Kier alpha value is -0.860. The van der Waals surface area contributed by atoms with Crippen LogP contribution in [0.3, 0.4) is 0 Å². The first-order chi connectivity index (χ1) is 8.29. The van der Waals surface area contributed by atoms with E-state index in [-0.39, 0.29) is 5.91 Å². The average Bonchev–Trinajstić information content (AvgIpc) is 2.85. The molecule has 1 aliphatic rings. The zero-order valence-electron chi connectivity index (χ0n) is 9.51. The number of ether oxygens (including phenoxy) is 1. The van der Waals surface area contributed by atoms with E-state index in [0.717, 1.165) is 9.47 Å². The minimum Gasteiger partial charge on any atom is -0.378 e. The molecule has 1 saturated heterocycles. The van der Waals surface area contributed by atoms with Gasteiger partial charge in [-0.2, -0.15) is 0 Å². The highest BCUT2D eigenvalue weighted by molar-refractivity contribution is 8.01. The van der Waals surface area contributed by atoms with Gasteiger partial charge in [0.25, 0.3) is 0 Å². The van der Waals surface area contributed by atoms with Crippen LogP contribution in [0.1, 0.15) is 0 Å². The molecule has 8 heteroatoms. The third kappa shape index (κ3) is 3.55. The molecule has 0 radical (unpaired) electrons. The number of amides is 1. The number of hydrogen-bond acceptors (Lipinski definition) is 7. The molecule has 6 nitrogen and oxygen atoms in total. The van der Waals surface area contributed by atoms with Gasteiger partial charge in [-0.3, -0.25) is 4.79 Å². The second kappa shape index (κ2) is 6.18. The molecule has 0 unspecified atom stereocenters. The fraction of sp³-hybridized carbons (Fsp3) is 0.667. The molecule has 0 spiro atoms. The summed E-state index contributed by atoms with van der Waals surface area (Å²) in [6.07, 6.45) is 0. The van der Waals surface area contributed by atoms with Crippen molar-refractivity contribution in [2.24, 2.45) is 0 Å². The lowest BCUT2D eigenvalue weighted by Crippen LogP contribution is -2.41. The van der Waals surface area contributed by atoms with E-state index >= 15 is 0 Å². The van der Waals surface area contributed by atoms with Crippen molar-refractivity contribution in [1.29, 1.82) is 0 Å². The summed E-state index contributed by atoms with van der Waals surface area (Å²) in [6, 6.07) is 0. The highest BCUT2D eigenvalue weighted by Gasteiger charge is 2.17. The van der Waals surface area contributed by atoms with Gasteiger partial charge in [0.2, 0.25) is 11.0 Å². The lowest BCUT2D eigenvalue weighted by molar-refractivity contribution is -0.132. The fourth-order valence-electron chi connectivity index (χ4n) is 1.40. The Bertz CT molecular complexity index is 379. The second-order valence-electron chi connectivity index (χ2n) is 3.40. The predicted molar refractivity (Wildman–Crippen MR) is 67.6 cm³/mol. The number of nitrogens with zero attached hydrogens (tertiary/aromatic N) is 3. The Morgan fingerprint density at radius 2 is 2.29 bits per heavy atom. The van der Waals surface area contributed by atoms with E-state index < -0.39 is 0 Å². The molecule has 2 rings (SSSR count). The molecule has 1 aromatic rings. The van der Waals surface area contributed by atoms with Gasteiger partial charge >= 0.3 is 0 Å². The number of aromatic nitrogens is 2. The third-order valence-electron chi connectivity index (χ3n) is 2.30. The molecule has 17 heavy (non-hydrogen) atoms. The van der Waals surface area contributed by atoms with Crippen LogP contribution in [0, 0.1) is 0 Å². The minimum atomic E-state index is 0.138. The molecular weight excluding hydrogens is 260 g/mol. The van der Waals surface area contributed by atoms with Gasteiger partial charge < -0.3 is 15.0 Å². The summed E-state index contributed by atoms with van der Waals surface area (Å²) in [6.45, 7) is 2.66. The van der Waals surface area contributed by atoms with Gasteiger partial charge in [0.05, 0.1) is 19.0 Å². The van der Waals surface area contributed by atoms with Crippen LogP contribution in [0.25, 0.3) is 0 Å². The van der Waals surface area contributed by atoms with Crippen molar-refractivity contribution in [1.82, 2.24) is 15.1 Å². The number of rotatable bonds is 4. The summed E-state index contributed by atoms with van der Waals surface area (Å²) < 4.78 is 6.02. The van der Waals surface area contributed by atoms with Crippen LogP contribution in [-0.4, -0.2) is 60.1 Å². The number of carbonyl (C=O) groups is 1. The maximum Gasteiger partial charge on any atom is 0.233 e. The summed E-state index contributed by atoms with van der Waals surface area (Å²) in [5, 5.41) is 11.6. The van der Waals surface area contributed by atoms with E-state index in [1.807, 2.05) is 4.90 Å². The van der Waals surface area contributed by atoms with E-state index in [9.17, 15) is 4.79 Å². The Balaban J connectivity index is 1.78. The summed E-state index contributed by atoms with van der Waals surface area (Å²) in [7, 11) is 1.80. The lowest BCUT2D eigenvalue weighted by atomic mass is 10.4. The van der Waals surface area contributed by atoms with Crippen LogP contribution in [-0.2, 0) is 9.53 Å². The molecule has 1 fully saturated rings. The number of anilines is 1. The summed E-state index contributed by atoms with van der Waals surface area (Å²) in [5.41, 5.74) is 0. The Morgan fingerprint density at radius 1 is 1.53 bits per heavy atom. The number of carbonyl (C=O) groups excluding carboxylic acids is 1. The molecule has 94 valence electrons. The van der Waals surface area contributed by atoms with Gasteiger partial charge in [-0.1, -0.05) is 23.1 Å². The molecular formula is C9H14N4O2S2. The molecule has 1 aliphatic heterocycles. The average molecular weight is 274 g/mol. The highest BCUT2D eigenvalue weighted by Crippen LogP contribution is 2.25. The molecule has 0 bridgehead atoms. The van der Waals surface area contributed by atoms with E-state index in [1.54, 1.807) is 7.05 Å². The largest absolute Gasteiger partial charge is 0.378 e. The van der Waals surface area contributed by atoms with Crippen molar-refractivity contribution in [2.75, 3.05) is 44.4 Å². The lowest BCUT2D eigenvalue weighted by Gasteiger charge is -2.26. The molecule has 0 aliphatic carbocycles. The predicted octanol–water partition coefficient (Wildman–Crippen LogP) is 0.531. The van der Waals surface area contributed by atoms with Crippen molar-refractivity contribution >= 4 is 34.1 Å². The Morgan fingerprint density at radius 3 is 2.94 bits per heavy atom.